The van der Waals surface area contributed by atoms with E-state index >= 15 is 0 Å². The van der Waals surface area contributed by atoms with Gasteiger partial charge in [-0.25, -0.2) is 0 Å². The van der Waals surface area contributed by atoms with Crippen LogP contribution in [0.4, 0.5) is 0 Å². The van der Waals surface area contributed by atoms with Gasteiger partial charge < -0.3 is 14.9 Å². The van der Waals surface area contributed by atoms with Crippen molar-refractivity contribution in [2.24, 2.45) is 0 Å². The Morgan fingerprint density at radius 2 is 2.07 bits per heavy atom. The van der Waals surface area contributed by atoms with Crippen LogP contribution in [0.2, 0.25) is 0 Å². The Morgan fingerprint density at radius 1 is 1.43 bits per heavy atom. The molecule has 0 amide bonds. The lowest BCUT2D eigenvalue weighted by Crippen LogP contribution is -2.18. The molecule has 1 aliphatic rings. The quantitative estimate of drug-likeness (QED) is 0.712. The molecule has 0 saturated heterocycles. The third kappa shape index (κ3) is 2.11. The number of ether oxygens (including phenoxy) is 1. The monoisotopic (exact) mass is 218 g/mol. The average Bonchev–Trinajstić information content (AvgIpc) is 2.17. The molecular formula is C10H15ClO3. The minimum atomic E-state index is -1.51. The van der Waals surface area contributed by atoms with Gasteiger partial charge in [0.15, 0.2) is 6.29 Å². The second kappa shape index (κ2) is 4.82. The fourth-order valence-corrected chi connectivity index (χ4v) is 1.98. The molecular weight excluding hydrogens is 204 g/mol. The molecule has 0 aromatic rings. The summed E-state index contributed by atoms with van der Waals surface area (Å²) in [5.41, 5.74) is 1.44. The summed E-state index contributed by atoms with van der Waals surface area (Å²) in [6.45, 7) is 1.98. The molecule has 0 spiro atoms. The van der Waals surface area contributed by atoms with Gasteiger partial charge >= 0.3 is 0 Å². The fourth-order valence-electron chi connectivity index (χ4n) is 1.70. The first-order valence-corrected chi connectivity index (χ1v) is 5.00. The third-order valence-electron chi connectivity index (χ3n) is 2.41. The van der Waals surface area contributed by atoms with Crippen molar-refractivity contribution < 1.29 is 14.9 Å². The lowest BCUT2D eigenvalue weighted by Gasteiger charge is -2.23. The number of methoxy groups -OCH3 is 1. The Labute approximate surface area is 88.6 Å². The minimum Gasteiger partial charge on any atom is -0.495 e. The zero-order chi connectivity index (χ0) is 10.7. The molecule has 1 aliphatic carbocycles. The largest absolute Gasteiger partial charge is 0.495 e. The summed E-state index contributed by atoms with van der Waals surface area (Å²) in [5, 5.41) is 19.0. The number of hydrogen-bond donors (Lipinski definition) is 2. The smallest absolute Gasteiger partial charge is 0.182 e. The van der Waals surface area contributed by atoms with Crippen LogP contribution in [0.15, 0.2) is 21.9 Å². The Bertz CT molecular complexity index is 279. The summed E-state index contributed by atoms with van der Waals surface area (Å²) >= 11 is 5.94. The molecule has 0 saturated carbocycles. The highest BCUT2D eigenvalue weighted by molar-refractivity contribution is 6.30. The minimum absolute atomic E-state index is 0.421. The van der Waals surface area contributed by atoms with Crippen molar-refractivity contribution >= 4 is 11.6 Å². The van der Waals surface area contributed by atoms with Gasteiger partial charge in [0, 0.05) is 5.57 Å². The predicted molar refractivity (Wildman–Crippen MR) is 54.7 cm³/mol. The second-order valence-electron chi connectivity index (χ2n) is 3.18. The van der Waals surface area contributed by atoms with Gasteiger partial charge in [0.05, 0.1) is 12.1 Å². The van der Waals surface area contributed by atoms with E-state index in [1.807, 2.05) is 6.92 Å². The van der Waals surface area contributed by atoms with Crippen LogP contribution in [0, 0.1) is 0 Å². The van der Waals surface area contributed by atoms with Crippen molar-refractivity contribution in [1.29, 1.82) is 0 Å². The van der Waals surface area contributed by atoms with E-state index in [0.29, 0.717) is 22.8 Å². The van der Waals surface area contributed by atoms with Crippen LogP contribution in [-0.4, -0.2) is 23.6 Å². The van der Waals surface area contributed by atoms with Gasteiger partial charge in [-0.2, -0.15) is 0 Å². The van der Waals surface area contributed by atoms with E-state index in [0.717, 1.165) is 18.4 Å². The molecule has 2 N–H and O–H groups in total. The predicted octanol–water partition coefficient (Wildman–Crippen LogP) is 1.89. The van der Waals surface area contributed by atoms with Gasteiger partial charge in [0.2, 0.25) is 0 Å². The lowest BCUT2D eigenvalue weighted by atomic mass is 9.93. The number of rotatable bonds is 3. The SMILES string of the molecule is CCC1=C(C(O)O)C(OC)=C(Cl)CC1. The summed E-state index contributed by atoms with van der Waals surface area (Å²) in [4.78, 5) is 0. The van der Waals surface area contributed by atoms with Gasteiger partial charge in [0.25, 0.3) is 0 Å². The van der Waals surface area contributed by atoms with Crippen molar-refractivity contribution in [3.63, 3.8) is 0 Å². The Hall–Kier alpha value is -0.510. The fraction of sp³-hybridized carbons (Fsp3) is 0.600. The zero-order valence-corrected chi connectivity index (χ0v) is 9.14. The molecule has 0 aromatic carbocycles. The summed E-state index contributed by atoms with van der Waals surface area (Å²) in [6, 6.07) is 0. The topological polar surface area (TPSA) is 49.7 Å². The number of aliphatic hydroxyl groups is 2. The van der Waals surface area contributed by atoms with Crippen molar-refractivity contribution in [1.82, 2.24) is 0 Å². The Balaban J connectivity index is 3.14. The van der Waals surface area contributed by atoms with E-state index < -0.39 is 6.29 Å². The highest BCUT2D eigenvalue weighted by atomic mass is 35.5. The Kier molecular flexibility index (Phi) is 3.98. The standard InChI is InChI=1S/C10H15ClO3/c1-3-6-4-5-7(11)9(14-2)8(6)10(12)13/h10,12-13H,3-5H2,1-2H3. The van der Waals surface area contributed by atoms with Crippen LogP contribution in [-0.2, 0) is 4.74 Å². The van der Waals surface area contributed by atoms with Gasteiger partial charge in [-0.05, 0) is 19.3 Å². The van der Waals surface area contributed by atoms with Gasteiger partial charge in [-0.1, -0.05) is 24.1 Å². The van der Waals surface area contributed by atoms with Crippen molar-refractivity contribution in [3.05, 3.63) is 21.9 Å². The molecule has 0 aliphatic heterocycles. The molecule has 0 atom stereocenters. The number of halogens is 1. The van der Waals surface area contributed by atoms with E-state index in [9.17, 15) is 10.2 Å². The molecule has 0 fully saturated rings. The van der Waals surface area contributed by atoms with E-state index in [1.165, 1.54) is 7.11 Å². The molecule has 0 radical (unpaired) electrons. The molecule has 3 nitrogen and oxygen atoms in total. The van der Waals surface area contributed by atoms with E-state index in [2.05, 4.69) is 0 Å². The van der Waals surface area contributed by atoms with E-state index in [4.69, 9.17) is 16.3 Å². The van der Waals surface area contributed by atoms with Crippen LogP contribution in [0.25, 0.3) is 0 Å². The normalized spacial score (nSPS) is 18.1. The maximum absolute atomic E-state index is 9.22. The highest BCUT2D eigenvalue weighted by Crippen LogP contribution is 2.35. The summed E-state index contributed by atoms with van der Waals surface area (Å²) in [5.74, 6) is 0.421. The molecule has 4 heteroatoms. The average molecular weight is 219 g/mol. The van der Waals surface area contributed by atoms with E-state index in [-0.39, 0.29) is 0 Å². The molecule has 80 valence electrons. The summed E-state index contributed by atoms with van der Waals surface area (Å²) in [7, 11) is 1.48. The maximum Gasteiger partial charge on any atom is 0.182 e. The summed E-state index contributed by atoms with van der Waals surface area (Å²) in [6.07, 6.45) is 0.762. The number of allylic oxidation sites excluding steroid dienone is 2. The van der Waals surface area contributed by atoms with Crippen LogP contribution in [0.1, 0.15) is 26.2 Å². The molecule has 0 aromatic heterocycles. The van der Waals surface area contributed by atoms with Crippen LogP contribution < -0.4 is 0 Å². The molecule has 1 rings (SSSR count). The first-order valence-electron chi connectivity index (χ1n) is 4.62. The van der Waals surface area contributed by atoms with Gasteiger partial charge in [-0.15, -0.1) is 0 Å². The van der Waals surface area contributed by atoms with Crippen molar-refractivity contribution in [2.45, 2.75) is 32.5 Å². The number of aliphatic hydroxyl groups excluding tert-OH is 1. The van der Waals surface area contributed by atoms with Crippen molar-refractivity contribution in [2.75, 3.05) is 7.11 Å². The van der Waals surface area contributed by atoms with E-state index in [1.54, 1.807) is 0 Å². The van der Waals surface area contributed by atoms with Crippen LogP contribution >= 0.6 is 11.6 Å². The van der Waals surface area contributed by atoms with Gasteiger partial charge in [0.1, 0.15) is 5.76 Å². The number of hydrogen-bond acceptors (Lipinski definition) is 3. The first kappa shape index (κ1) is 11.6. The first-order chi connectivity index (χ1) is 6.61. The Morgan fingerprint density at radius 3 is 2.50 bits per heavy atom. The lowest BCUT2D eigenvalue weighted by molar-refractivity contribution is -0.0121. The van der Waals surface area contributed by atoms with Crippen molar-refractivity contribution in [3.8, 4) is 0 Å². The summed E-state index contributed by atoms with van der Waals surface area (Å²) < 4.78 is 5.08. The second-order valence-corrected chi connectivity index (χ2v) is 3.64. The third-order valence-corrected chi connectivity index (χ3v) is 2.77. The molecule has 0 bridgehead atoms. The van der Waals surface area contributed by atoms with Crippen LogP contribution in [0.5, 0.6) is 0 Å². The maximum atomic E-state index is 9.22. The molecule has 14 heavy (non-hydrogen) atoms. The zero-order valence-electron chi connectivity index (χ0n) is 8.38. The molecule has 0 unspecified atom stereocenters. The van der Waals surface area contributed by atoms with Crippen LogP contribution in [0.3, 0.4) is 0 Å². The highest BCUT2D eigenvalue weighted by Gasteiger charge is 2.24. The molecule has 0 heterocycles. The van der Waals surface area contributed by atoms with Gasteiger partial charge in [-0.3, -0.25) is 0 Å².